The van der Waals surface area contributed by atoms with Crippen molar-refractivity contribution in [3.8, 4) is 40.6 Å². The number of nitriles is 1. The maximum absolute atomic E-state index is 13.7. The number of likely N-dealkylation sites (N-methyl/N-ethyl adjacent to an activating group) is 1. The van der Waals surface area contributed by atoms with Crippen molar-refractivity contribution >= 4 is 16.8 Å². The van der Waals surface area contributed by atoms with Crippen molar-refractivity contribution in [3.05, 3.63) is 75.5 Å². The van der Waals surface area contributed by atoms with E-state index in [-0.39, 0.29) is 41.4 Å². The number of para-hydroxylation sites is 1. The van der Waals surface area contributed by atoms with Gasteiger partial charge in [-0.2, -0.15) is 5.26 Å². The van der Waals surface area contributed by atoms with E-state index < -0.39 is 24.2 Å². The van der Waals surface area contributed by atoms with Crippen LogP contribution in [0, 0.1) is 25.2 Å². The molecule has 3 aliphatic heterocycles. The molecule has 260 valence electrons. The van der Waals surface area contributed by atoms with Crippen LogP contribution in [0.3, 0.4) is 0 Å². The highest BCUT2D eigenvalue weighted by molar-refractivity contribution is 5.95. The number of pyridine rings is 1. The number of methoxy groups -OCH3 is 4. The summed E-state index contributed by atoms with van der Waals surface area (Å²) < 4.78 is 23.3. The maximum atomic E-state index is 13.7. The molecule has 0 radical (unpaired) electrons. The third-order valence-corrected chi connectivity index (χ3v) is 10.9. The Hall–Kier alpha value is -5.25. The van der Waals surface area contributed by atoms with Crippen LogP contribution >= 0.6 is 0 Å². The van der Waals surface area contributed by atoms with E-state index in [0.29, 0.717) is 57.9 Å². The van der Waals surface area contributed by atoms with Crippen LogP contribution in [-0.2, 0) is 12.8 Å². The highest BCUT2D eigenvalue weighted by Crippen LogP contribution is 2.58. The summed E-state index contributed by atoms with van der Waals surface area (Å²) in [7, 11) is 8.16. The Morgan fingerprint density at radius 1 is 0.880 bits per heavy atom. The molecule has 4 heterocycles. The second-order valence-electron chi connectivity index (χ2n) is 13.2. The average molecular weight is 680 g/mol. The van der Waals surface area contributed by atoms with Crippen LogP contribution in [-0.4, -0.2) is 91.1 Å². The van der Waals surface area contributed by atoms with E-state index >= 15 is 0 Å². The van der Waals surface area contributed by atoms with Crippen LogP contribution < -0.4 is 24.3 Å². The molecule has 1 fully saturated rings. The molecule has 4 aromatic rings. The minimum atomic E-state index is -0.683. The van der Waals surface area contributed by atoms with E-state index in [1.807, 2.05) is 51.2 Å². The predicted octanol–water partition coefficient (Wildman–Crippen LogP) is 4.50. The summed E-state index contributed by atoms with van der Waals surface area (Å²) in [6.45, 7) is 3.72. The fourth-order valence-corrected chi connectivity index (χ4v) is 8.89. The normalized spacial score (nSPS) is 22.5. The number of aromatic hydroxyl groups is 2. The zero-order chi connectivity index (χ0) is 35.6. The topological polar surface area (TPSA) is 150 Å². The molecule has 2 bridgehead atoms. The number of phenols is 2. The van der Waals surface area contributed by atoms with Gasteiger partial charge in [-0.3, -0.25) is 14.6 Å². The van der Waals surface area contributed by atoms with E-state index in [2.05, 4.69) is 26.2 Å². The Labute approximate surface area is 290 Å². The van der Waals surface area contributed by atoms with Crippen molar-refractivity contribution in [3.63, 3.8) is 0 Å². The van der Waals surface area contributed by atoms with Crippen LogP contribution in [0.25, 0.3) is 10.9 Å². The Balaban J connectivity index is 1.41. The Kier molecular flexibility index (Phi) is 8.36. The summed E-state index contributed by atoms with van der Waals surface area (Å²) in [5, 5.41) is 38.6. The van der Waals surface area contributed by atoms with Gasteiger partial charge in [0, 0.05) is 57.4 Å². The van der Waals surface area contributed by atoms with Crippen LogP contribution in [0.15, 0.2) is 36.4 Å². The third-order valence-electron chi connectivity index (χ3n) is 10.9. The number of nitrogens with zero attached hydrogens (tertiary/aromatic N) is 4. The smallest absolute Gasteiger partial charge is 0.269 e. The molecule has 1 amide bonds. The number of carbonyl (C=O) groups excluding carboxylic acids is 1. The fraction of sp³-hybridized carbons (Fsp3) is 0.395. The third kappa shape index (κ3) is 4.71. The van der Waals surface area contributed by atoms with E-state index in [1.54, 1.807) is 20.3 Å². The molecule has 1 saturated heterocycles. The van der Waals surface area contributed by atoms with Crippen LogP contribution in [0.1, 0.15) is 56.0 Å². The van der Waals surface area contributed by atoms with Crippen molar-refractivity contribution in [2.75, 3.05) is 42.0 Å². The number of benzene rings is 3. The second kappa shape index (κ2) is 12.6. The number of hydrogen-bond acceptors (Lipinski definition) is 11. The van der Waals surface area contributed by atoms with Gasteiger partial charge in [0.15, 0.2) is 23.0 Å². The van der Waals surface area contributed by atoms with Gasteiger partial charge in [-0.1, -0.05) is 24.3 Å². The van der Waals surface area contributed by atoms with Crippen molar-refractivity contribution in [1.29, 1.82) is 5.26 Å². The van der Waals surface area contributed by atoms with Gasteiger partial charge >= 0.3 is 0 Å². The summed E-state index contributed by atoms with van der Waals surface area (Å²) in [5.74, 6) is 1.36. The molecular weight excluding hydrogens is 638 g/mol. The molecule has 7 rings (SSSR count). The maximum Gasteiger partial charge on any atom is 0.269 e. The number of rotatable bonds is 7. The highest BCUT2D eigenvalue weighted by Gasteiger charge is 2.57. The first kappa shape index (κ1) is 33.3. The number of nitrogens with one attached hydrogen (secondary N) is 1. The van der Waals surface area contributed by atoms with Gasteiger partial charge in [-0.25, -0.2) is 4.98 Å². The van der Waals surface area contributed by atoms with E-state index in [1.165, 1.54) is 14.2 Å². The number of piperazine rings is 1. The molecule has 1 aromatic heterocycles. The van der Waals surface area contributed by atoms with E-state index in [0.717, 1.165) is 16.5 Å². The van der Waals surface area contributed by atoms with Crippen molar-refractivity contribution in [2.45, 2.75) is 56.9 Å². The lowest BCUT2D eigenvalue weighted by Crippen LogP contribution is -2.68. The molecule has 3 aromatic carbocycles. The van der Waals surface area contributed by atoms with Crippen molar-refractivity contribution < 1.29 is 34.0 Å². The summed E-state index contributed by atoms with van der Waals surface area (Å²) in [6, 6.07) is 11.2. The molecule has 12 nitrogen and oxygen atoms in total. The first-order chi connectivity index (χ1) is 24.1. The van der Waals surface area contributed by atoms with Crippen LogP contribution in [0.4, 0.5) is 0 Å². The standard InChI is InChI=1S/C38H41N5O7/c1-18-34(47-4)21-15-26-31-30-22(35(48-5)19(2)37(50-7)33(30)45)14-25(42(31)3)27(16-39)43(26)28(29(21)32(44)36(18)49-6)17-40-38(46)24-13-12-20-10-8-9-11-23(20)41-24/h8-13,25-28,31,44-45H,14-15,17H2,1-7H3,(H,40,46)/t25?,26-,27-,28-,31?/m0/s1. The molecule has 3 aliphatic rings. The van der Waals surface area contributed by atoms with E-state index in [9.17, 15) is 20.3 Å². The van der Waals surface area contributed by atoms with Gasteiger partial charge in [0.05, 0.1) is 52.1 Å². The van der Waals surface area contributed by atoms with Gasteiger partial charge < -0.3 is 34.5 Å². The monoisotopic (exact) mass is 679 g/mol. The molecule has 0 spiro atoms. The molecule has 3 N–H and O–H groups in total. The van der Waals surface area contributed by atoms with Crippen molar-refractivity contribution in [2.24, 2.45) is 0 Å². The van der Waals surface area contributed by atoms with Crippen LogP contribution in [0.2, 0.25) is 0 Å². The minimum Gasteiger partial charge on any atom is -0.504 e. The lowest BCUT2D eigenvalue weighted by Gasteiger charge is -2.60. The zero-order valence-electron chi connectivity index (χ0n) is 29.2. The molecule has 5 atom stereocenters. The number of phenolic OH excluding ortho intramolecular Hbond substituents is 2. The zero-order valence-corrected chi connectivity index (χ0v) is 29.2. The first-order valence-corrected chi connectivity index (χ1v) is 16.6. The number of hydrogen-bond donors (Lipinski definition) is 3. The predicted molar refractivity (Wildman–Crippen MR) is 185 cm³/mol. The molecule has 2 unspecified atom stereocenters. The number of aromatic nitrogens is 1. The van der Waals surface area contributed by atoms with Gasteiger partial charge in [0.2, 0.25) is 0 Å². The summed E-state index contributed by atoms with van der Waals surface area (Å²) in [6.07, 6.45) is 0.787. The first-order valence-electron chi connectivity index (χ1n) is 16.6. The molecule has 12 heteroatoms. The highest BCUT2D eigenvalue weighted by atomic mass is 16.5. The number of fused-ring (bicyclic) bond motifs is 8. The van der Waals surface area contributed by atoms with Crippen LogP contribution in [0.5, 0.6) is 34.5 Å². The largest absolute Gasteiger partial charge is 0.504 e. The lowest BCUT2D eigenvalue weighted by molar-refractivity contribution is -0.0724. The van der Waals surface area contributed by atoms with Gasteiger partial charge in [0.25, 0.3) is 5.91 Å². The fourth-order valence-electron chi connectivity index (χ4n) is 8.89. The average Bonchev–Trinajstić information content (AvgIpc) is 3.11. The molecule has 0 saturated carbocycles. The Morgan fingerprint density at radius 2 is 1.46 bits per heavy atom. The van der Waals surface area contributed by atoms with E-state index in [4.69, 9.17) is 18.9 Å². The molecular formula is C38H41N5O7. The Bertz CT molecular complexity index is 2080. The Morgan fingerprint density at radius 3 is 2.08 bits per heavy atom. The summed E-state index contributed by atoms with van der Waals surface area (Å²) in [4.78, 5) is 22.6. The summed E-state index contributed by atoms with van der Waals surface area (Å²) >= 11 is 0. The number of amides is 1. The quantitative estimate of drug-likeness (QED) is 0.254. The second-order valence-corrected chi connectivity index (χ2v) is 13.2. The van der Waals surface area contributed by atoms with Gasteiger partial charge in [-0.05, 0) is 45.9 Å². The van der Waals surface area contributed by atoms with Gasteiger partial charge in [-0.15, -0.1) is 0 Å². The summed E-state index contributed by atoms with van der Waals surface area (Å²) in [5.41, 5.74) is 5.05. The van der Waals surface area contributed by atoms with Crippen molar-refractivity contribution in [1.82, 2.24) is 20.1 Å². The minimum absolute atomic E-state index is 0.0326. The SMILES string of the molecule is COc1c(C)c(OC)c2c(c1O)C1[C@@H]3Cc4c(OC)c(C)c(OC)c(O)c4[C@H](CNC(=O)c4ccc5ccccc5n4)N3[C@@H](C#N)C(C2)N1C. The van der Waals surface area contributed by atoms with Gasteiger partial charge in [0.1, 0.15) is 23.2 Å². The number of carbonyl (C=O) groups is 1. The molecule has 0 aliphatic carbocycles. The molecule has 50 heavy (non-hydrogen) atoms. The lowest BCUT2D eigenvalue weighted by atomic mass is 9.71. The number of ether oxygens (including phenoxy) is 4.